The van der Waals surface area contributed by atoms with Gasteiger partial charge in [0.15, 0.2) is 0 Å². The molecule has 10 heteroatoms. The van der Waals surface area contributed by atoms with E-state index in [-0.39, 0.29) is 22.3 Å². The van der Waals surface area contributed by atoms with Crippen LogP contribution in [0.2, 0.25) is 15.1 Å². The molecule has 2 aromatic carbocycles. The van der Waals surface area contributed by atoms with Crippen LogP contribution in [0.3, 0.4) is 0 Å². The number of halogens is 3. The SMILES string of the molecule is O=[N+]([O-])c1c(Nc2ccccc2Cl)ncnc1Nc1cccc(Cl)c1Cl. The molecular formula is C16H10Cl3N5O2. The van der Waals surface area contributed by atoms with Crippen LogP contribution < -0.4 is 10.6 Å². The fourth-order valence-electron chi connectivity index (χ4n) is 2.15. The summed E-state index contributed by atoms with van der Waals surface area (Å²) < 4.78 is 0. The molecule has 0 bridgehead atoms. The number of para-hydroxylation sites is 1. The molecule has 0 aliphatic heterocycles. The summed E-state index contributed by atoms with van der Waals surface area (Å²) in [5, 5.41) is 18.2. The van der Waals surface area contributed by atoms with Crippen molar-refractivity contribution in [3.05, 3.63) is 74.0 Å². The molecule has 0 aliphatic rings. The molecule has 0 fully saturated rings. The predicted octanol–water partition coefficient (Wildman–Crippen LogP) is 5.83. The normalized spacial score (nSPS) is 10.4. The highest BCUT2D eigenvalue weighted by atomic mass is 35.5. The van der Waals surface area contributed by atoms with Crippen molar-refractivity contribution >= 4 is 63.5 Å². The summed E-state index contributed by atoms with van der Waals surface area (Å²) in [5.74, 6) is -0.0533. The van der Waals surface area contributed by atoms with Gasteiger partial charge in [-0.25, -0.2) is 9.97 Å². The topological polar surface area (TPSA) is 93.0 Å². The molecule has 132 valence electrons. The number of anilines is 4. The Labute approximate surface area is 163 Å². The van der Waals surface area contributed by atoms with Gasteiger partial charge >= 0.3 is 5.69 Å². The molecule has 0 aliphatic carbocycles. The second-order valence-corrected chi connectivity index (χ2v) is 6.20. The number of benzene rings is 2. The van der Waals surface area contributed by atoms with Crippen molar-refractivity contribution in [1.29, 1.82) is 0 Å². The van der Waals surface area contributed by atoms with Gasteiger partial charge in [-0.15, -0.1) is 0 Å². The summed E-state index contributed by atoms with van der Waals surface area (Å²) in [5.41, 5.74) is 0.496. The van der Waals surface area contributed by atoms with E-state index < -0.39 is 4.92 Å². The molecule has 0 saturated carbocycles. The van der Waals surface area contributed by atoms with Gasteiger partial charge in [-0.2, -0.15) is 0 Å². The van der Waals surface area contributed by atoms with Gasteiger partial charge in [0.1, 0.15) is 6.33 Å². The van der Waals surface area contributed by atoms with E-state index in [9.17, 15) is 10.1 Å². The Morgan fingerprint density at radius 2 is 1.42 bits per heavy atom. The molecule has 1 heterocycles. The Morgan fingerprint density at radius 1 is 0.846 bits per heavy atom. The van der Waals surface area contributed by atoms with E-state index in [0.29, 0.717) is 21.4 Å². The van der Waals surface area contributed by atoms with Crippen LogP contribution in [-0.2, 0) is 0 Å². The van der Waals surface area contributed by atoms with Crippen LogP contribution in [0.25, 0.3) is 0 Å². The molecule has 0 saturated heterocycles. The lowest BCUT2D eigenvalue weighted by molar-refractivity contribution is -0.383. The third kappa shape index (κ3) is 3.80. The van der Waals surface area contributed by atoms with Crippen molar-refractivity contribution in [2.75, 3.05) is 10.6 Å². The van der Waals surface area contributed by atoms with E-state index in [1.807, 2.05) is 0 Å². The zero-order valence-corrected chi connectivity index (χ0v) is 15.2. The lowest BCUT2D eigenvalue weighted by atomic mass is 10.3. The minimum Gasteiger partial charge on any atom is -0.333 e. The van der Waals surface area contributed by atoms with Crippen LogP contribution in [0.15, 0.2) is 48.8 Å². The molecule has 0 amide bonds. The molecule has 3 aromatic rings. The molecule has 0 atom stereocenters. The highest BCUT2D eigenvalue weighted by molar-refractivity contribution is 6.43. The van der Waals surface area contributed by atoms with Gasteiger partial charge in [0.25, 0.3) is 0 Å². The van der Waals surface area contributed by atoms with Crippen molar-refractivity contribution in [1.82, 2.24) is 9.97 Å². The first kappa shape index (κ1) is 18.2. The molecule has 0 unspecified atom stereocenters. The first-order valence-corrected chi connectivity index (χ1v) is 8.32. The van der Waals surface area contributed by atoms with E-state index >= 15 is 0 Å². The van der Waals surface area contributed by atoms with Crippen LogP contribution in [0.5, 0.6) is 0 Å². The Morgan fingerprint density at radius 3 is 2.08 bits per heavy atom. The molecule has 7 nitrogen and oxygen atoms in total. The van der Waals surface area contributed by atoms with E-state index in [1.54, 1.807) is 42.5 Å². The molecule has 0 radical (unpaired) electrons. The molecule has 1 aromatic heterocycles. The van der Waals surface area contributed by atoms with Crippen LogP contribution in [0.4, 0.5) is 28.7 Å². The number of rotatable bonds is 5. The Balaban J connectivity index is 2.03. The van der Waals surface area contributed by atoms with Crippen molar-refractivity contribution in [2.24, 2.45) is 0 Å². The molecule has 3 rings (SSSR count). The second kappa shape index (κ2) is 7.74. The van der Waals surface area contributed by atoms with E-state index in [2.05, 4.69) is 20.6 Å². The van der Waals surface area contributed by atoms with Crippen LogP contribution in [0, 0.1) is 10.1 Å². The third-order valence-corrected chi connectivity index (χ3v) is 4.48. The number of aromatic nitrogens is 2. The predicted molar refractivity (Wildman–Crippen MR) is 103 cm³/mol. The molecular weight excluding hydrogens is 401 g/mol. The standard InChI is InChI=1S/C16H10Cl3N5O2/c17-9-4-1-2-6-11(9)22-15-14(24(25)26)16(21-8-20-15)23-12-7-3-5-10(18)13(12)19/h1-8H,(H2,20,21,22,23). The summed E-state index contributed by atoms with van der Waals surface area (Å²) in [7, 11) is 0. The first-order chi connectivity index (χ1) is 12.5. The summed E-state index contributed by atoms with van der Waals surface area (Å²) in [4.78, 5) is 18.9. The zero-order chi connectivity index (χ0) is 18.7. The number of nitro groups is 1. The lowest BCUT2D eigenvalue weighted by Crippen LogP contribution is -2.06. The van der Waals surface area contributed by atoms with Crippen LogP contribution in [-0.4, -0.2) is 14.9 Å². The third-order valence-electron chi connectivity index (χ3n) is 3.34. The van der Waals surface area contributed by atoms with E-state index in [0.717, 1.165) is 0 Å². The minimum absolute atomic E-state index is 0.0150. The minimum atomic E-state index is -0.597. The van der Waals surface area contributed by atoms with Crippen molar-refractivity contribution in [3.63, 3.8) is 0 Å². The lowest BCUT2D eigenvalue weighted by Gasteiger charge is -2.12. The number of hydrogen-bond acceptors (Lipinski definition) is 6. The maximum Gasteiger partial charge on any atom is 0.353 e. The molecule has 2 N–H and O–H groups in total. The Bertz CT molecular complexity index is 984. The number of nitrogens with zero attached hydrogens (tertiary/aromatic N) is 3. The maximum absolute atomic E-state index is 11.6. The highest BCUT2D eigenvalue weighted by Gasteiger charge is 2.24. The van der Waals surface area contributed by atoms with E-state index in [4.69, 9.17) is 34.8 Å². The quantitative estimate of drug-likeness (QED) is 0.406. The van der Waals surface area contributed by atoms with Crippen molar-refractivity contribution in [3.8, 4) is 0 Å². The van der Waals surface area contributed by atoms with Gasteiger partial charge < -0.3 is 10.6 Å². The molecule has 0 spiro atoms. The van der Waals surface area contributed by atoms with Gasteiger partial charge in [0.05, 0.1) is 31.4 Å². The van der Waals surface area contributed by atoms with Crippen LogP contribution >= 0.6 is 34.8 Å². The summed E-state index contributed by atoms with van der Waals surface area (Å²) in [6, 6.07) is 11.7. The van der Waals surface area contributed by atoms with Gasteiger partial charge in [-0.05, 0) is 24.3 Å². The highest BCUT2D eigenvalue weighted by Crippen LogP contribution is 2.37. The fraction of sp³-hybridized carbons (Fsp3) is 0. The smallest absolute Gasteiger partial charge is 0.333 e. The van der Waals surface area contributed by atoms with Gasteiger partial charge in [0, 0.05) is 0 Å². The van der Waals surface area contributed by atoms with Crippen molar-refractivity contribution < 1.29 is 4.92 Å². The number of hydrogen-bond donors (Lipinski definition) is 2. The summed E-state index contributed by atoms with van der Waals surface area (Å²) >= 11 is 18.2. The summed E-state index contributed by atoms with van der Waals surface area (Å²) in [6.07, 6.45) is 1.19. The van der Waals surface area contributed by atoms with Crippen molar-refractivity contribution in [2.45, 2.75) is 0 Å². The monoisotopic (exact) mass is 409 g/mol. The van der Waals surface area contributed by atoms with Gasteiger partial charge in [-0.1, -0.05) is 53.0 Å². The fourth-order valence-corrected chi connectivity index (χ4v) is 2.68. The number of nitrogens with one attached hydrogen (secondary N) is 2. The van der Waals surface area contributed by atoms with Gasteiger partial charge in [-0.3, -0.25) is 10.1 Å². The summed E-state index contributed by atoms with van der Waals surface area (Å²) in [6.45, 7) is 0. The first-order valence-electron chi connectivity index (χ1n) is 7.19. The average molecular weight is 411 g/mol. The van der Waals surface area contributed by atoms with E-state index in [1.165, 1.54) is 6.33 Å². The molecule has 26 heavy (non-hydrogen) atoms. The largest absolute Gasteiger partial charge is 0.353 e. The Kier molecular flexibility index (Phi) is 5.41. The van der Waals surface area contributed by atoms with Gasteiger partial charge in [0.2, 0.25) is 11.6 Å². The average Bonchev–Trinajstić information content (AvgIpc) is 2.61. The van der Waals surface area contributed by atoms with Crippen LogP contribution in [0.1, 0.15) is 0 Å². The zero-order valence-electron chi connectivity index (χ0n) is 12.9. The maximum atomic E-state index is 11.6. The second-order valence-electron chi connectivity index (χ2n) is 5.01. The Hall–Kier alpha value is -2.61.